The zero-order valence-electron chi connectivity index (χ0n) is 16.2. The molecule has 1 aromatic heterocycles. The van der Waals surface area contributed by atoms with Crippen molar-refractivity contribution in [2.45, 2.75) is 51.4 Å². The van der Waals surface area contributed by atoms with Gasteiger partial charge in [-0.15, -0.1) is 0 Å². The van der Waals surface area contributed by atoms with E-state index in [9.17, 15) is 19.5 Å². The molecule has 0 aliphatic rings. The number of halogens is 1. The van der Waals surface area contributed by atoms with Crippen LogP contribution in [-0.4, -0.2) is 52.2 Å². The lowest BCUT2D eigenvalue weighted by atomic mass is 10.0. The molecule has 1 amide bonds. The summed E-state index contributed by atoms with van der Waals surface area (Å²) < 4.78 is 5.11. The highest BCUT2D eigenvalue weighted by atomic mass is 35.5. The fourth-order valence-corrected chi connectivity index (χ4v) is 2.98. The van der Waals surface area contributed by atoms with Crippen LogP contribution in [0.1, 0.15) is 32.3 Å². The van der Waals surface area contributed by atoms with E-state index >= 15 is 0 Å². The fourth-order valence-electron chi connectivity index (χ4n) is 2.81. The van der Waals surface area contributed by atoms with Gasteiger partial charge < -0.3 is 25.6 Å². The number of esters is 1. The molecule has 1 heterocycles. The van der Waals surface area contributed by atoms with Gasteiger partial charge in [0, 0.05) is 35.0 Å². The first kappa shape index (κ1) is 22.6. The zero-order valence-corrected chi connectivity index (χ0v) is 17.0. The Labute approximate surface area is 173 Å². The number of Topliss-reactive ketones (excluding diaryl/α,β-unsaturated/α-hetero) is 1. The van der Waals surface area contributed by atoms with E-state index in [1.165, 1.54) is 0 Å². The SMILES string of the molecule is CC(C)OC(=O)[C@H](CCC(=O)C=N)NC(=O)[C@@H](O)Cc1c[nH]c2ccc(Cl)cc12. The van der Waals surface area contributed by atoms with Crippen molar-refractivity contribution in [3.8, 4) is 0 Å². The summed E-state index contributed by atoms with van der Waals surface area (Å²) in [6.07, 6.45) is 0.410. The highest BCUT2D eigenvalue weighted by molar-refractivity contribution is 6.31. The molecule has 0 bridgehead atoms. The Bertz CT molecular complexity index is 909. The second-order valence-corrected chi connectivity index (χ2v) is 7.36. The lowest BCUT2D eigenvalue weighted by Gasteiger charge is -2.20. The third-order valence-corrected chi connectivity index (χ3v) is 4.47. The third-order valence-electron chi connectivity index (χ3n) is 4.24. The van der Waals surface area contributed by atoms with Crippen LogP contribution < -0.4 is 5.32 Å². The van der Waals surface area contributed by atoms with E-state index < -0.39 is 35.9 Å². The number of hydrogen-bond acceptors (Lipinski definition) is 6. The van der Waals surface area contributed by atoms with Gasteiger partial charge in [-0.2, -0.15) is 0 Å². The van der Waals surface area contributed by atoms with E-state index in [0.29, 0.717) is 16.8 Å². The standard InChI is InChI=1S/C20H24ClN3O5/c1-11(2)29-20(28)17(6-4-14(25)9-22)24-19(27)18(26)7-12-10-23-16-5-3-13(21)8-15(12)16/h3,5,8-11,17-18,22-23,26H,4,6-7H2,1-2H3,(H,24,27)/t17-,18-/m0/s1. The molecule has 0 saturated carbocycles. The van der Waals surface area contributed by atoms with Crippen LogP contribution in [0.2, 0.25) is 5.02 Å². The molecule has 0 saturated heterocycles. The van der Waals surface area contributed by atoms with Crippen LogP contribution in [0.5, 0.6) is 0 Å². The number of nitrogens with one attached hydrogen (secondary N) is 3. The number of aliphatic hydroxyl groups is 1. The molecule has 2 aromatic rings. The molecule has 0 radical (unpaired) electrons. The number of ketones is 1. The predicted molar refractivity (Wildman–Crippen MR) is 109 cm³/mol. The van der Waals surface area contributed by atoms with Gasteiger partial charge in [0.2, 0.25) is 5.91 Å². The normalized spacial score (nSPS) is 13.1. The van der Waals surface area contributed by atoms with Gasteiger partial charge in [-0.3, -0.25) is 9.59 Å². The Balaban J connectivity index is 2.07. The number of aromatic amines is 1. The number of ether oxygens (including phenoxy) is 1. The average molecular weight is 422 g/mol. The highest BCUT2D eigenvalue weighted by Gasteiger charge is 2.27. The molecule has 4 N–H and O–H groups in total. The number of fused-ring (bicyclic) bond motifs is 1. The first-order valence-electron chi connectivity index (χ1n) is 9.19. The van der Waals surface area contributed by atoms with Crippen molar-refractivity contribution < 1.29 is 24.2 Å². The van der Waals surface area contributed by atoms with Crippen molar-refractivity contribution in [1.82, 2.24) is 10.3 Å². The Morgan fingerprint density at radius 3 is 2.72 bits per heavy atom. The smallest absolute Gasteiger partial charge is 0.328 e. The maximum absolute atomic E-state index is 12.5. The van der Waals surface area contributed by atoms with Gasteiger partial charge in [0.1, 0.15) is 12.1 Å². The lowest BCUT2D eigenvalue weighted by Crippen LogP contribution is -2.47. The Morgan fingerprint density at radius 2 is 2.07 bits per heavy atom. The van der Waals surface area contributed by atoms with E-state index in [0.717, 1.165) is 10.9 Å². The zero-order chi connectivity index (χ0) is 21.6. The van der Waals surface area contributed by atoms with Crippen LogP contribution in [0.25, 0.3) is 10.9 Å². The topological polar surface area (TPSA) is 132 Å². The Morgan fingerprint density at radius 1 is 1.34 bits per heavy atom. The Hall–Kier alpha value is -2.71. The van der Waals surface area contributed by atoms with Crippen molar-refractivity contribution in [3.05, 3.63) is 35.0 Å². The van der Waals surface area contributed by atoms with E-state index in [1.54, 1.807) is 38.2 Å². The summed E-state index contributed by atoms with van der Waals surface area (Å²) in [6, 6.07) is 4.17. The fraction of sp³-hybridized carbons (Fsp3) is 0.400. The second kappa shape index (κ2) is 10.2. The maximum Gasteiger partial charge on any atom is 0.328 e. The number of carbonyl (C=O) groups excluding carboxylic acids is 3. The molecule has 8 nitrogen and oxygen atoms in total. The number of amides is 1. The van der Waals surface area contributed by atoms with Crippen molar-refractivity contribution >= 4 is 46.4 Å². The molecular weight excluding hydrogens is 398 g/mol. The van der Waals surface area contributed by atoms with Crippen LogP contribution in [0.4, 0.5) is 0 Å². The quantitative estimate of drug-likeness (QED) is 0.344. The molecule has 0 aliphatic heterocycles. The highest BCUT2D eigenvalue weighted by Crippen LogP contribution is 2.23. The van der Waals surface area contributed by atoms with Gasteiger partial charge in [-0.1, -0.05) is 11.6 Å². The van der Waals surface area contributed by atoms with Crippen molar-refractivity contribution in [3.63, 3.8) is 0 Å². The summed E-state index contributed by atoms with van der Waals surface area (Å²) in [4.78, 5) is 39.1. The van der Waals surface area contributed by atoms with Crippen LogP contribution in [-0.2, 0) is 25.5 Å². The molecule has 29 heavy (non-hydrogen) atoms. The van der Waals surface area contributed by atoms with Crippen molar-refractivity contribution in [2.24, 2.45) is 0 Å². The maximum atomic E-state index is 12.5. The van der Waals surface area contributed by atoms with Crippen molar-refractivity contribution in [2.75, 3.05) is 0 Å². The van der Waals surface area contributed by atoms with E-state index in [-0.39, 0.29) is 19.3 Å². The van der Waals surface area contributed by atoms with E-state index in [4.69, 9.17) is 21.7 Å². The number of H-pyrrole nitrogens is 1. The van der Waals surface area contributed by atoms with Gasteiger partial charge in [-0.25, -0.2) is 4.79 Å². The number of aromatic nitrogens is 1. The van der Waals surface area contributed by atoms with Crippen molar-refractivity contribution in [1.29, 1.82) is 5.41 Å². The second-order valence-electron chi connectivity index (χ2n) is 6.92. The molecule has 2 atom stereocenters. The molecular formula is C20H24ClN3O5. The summed E-state index contributed by atoms with van der Waals surface area (Å²) in [7, 11) is 0. The molecule has 1 aromatic carbocycles. The average Bonchev–Trinajstić information content (AvgIpc) is 3.05. The summed E-state index contributed by atoms with van der Waals surface area (Å²) in [5.41, 5.74) is 1.52. The van der Waals surface area contributed by atoms with Gasteiger partial charge in [0.25, 0.3) is 0 Å². The summed E-state index contributed by atoms with van der Waals surface area (Å²) in [5, 5.41) is 21.1. The van der Waals surface area contributed by atoms with E-state index in [2.05, 4.69) is 10.3 Å². The number of rotatable bonds is 10. The molecule has 0 spiro atoms. The number of carbonyl (C=O) groups is 3. The third kappa shape index (κ3) is 6.40. The Kier molecular flexibility index (Phi) is 7.92. The van der Waals surface area contributed by atoms with Crippen LogP contribution in [0.15, 0.2) is 24.4 Å². The first-order chi connectivity index (χ1) is 13.7. The monoisotopic (exact) mass is 421 g/mol. The van der Waals surface area contributed by atoms with Gasteiger partial charge in [0.05, 0.1) is 12.3 Å². The summed E-state index contributed by atoms with van der Waals surface area (Å²) in [5.74, 6) is -1.93. The molecule has 156 valence electrons. The van der Waals surface area contributed by atoms with Crippen LogP contribution in [0.3, 0.4) is 0 Å². The number of benzene rings is 1. The summed E-state index contributed by atoms with van der Waals surface area (Å²) >= 11 is 6.01. The van der Waals surface area contributed by atoms with Gasteiger partial charge >= 0.3 is 5.97 Å². The summed E-state index contributed by atoms with van der Waals surface area (Å²) in [6.45, 7) is 3.33. The van der Waals surface area contributed by atoms with Crippen LogP contribution in [0, 0.1) is 5.41 Å². The largest absolute Gasteiger partial charge is 0.461 e. The van der Waals surface area contributed by atoms with Gasteiger partial charge in [-0.05, 0) is 44.0 Å². The molecule has 0 aliphatic carbocycles. The lowest BCUT2D eigenvalue weighted by molar-refractivity contribution is -0.152. The predicted octanol–water partition coefficient (Wildman–Crippen LogP) is 2.16. The van der Waals surface area contributed by atoms with Crippen LogP contribution >= 0.6 is 11.6 Å². The molecule has 9 heteroatoms. The minimum Gasteiger partial charge on any atom is -0.461 e. The number of aliphatic hydroxyl groups excluding tert-OH is 1. The number of hydrogen-bond donors (Lipinski definition) is 4. The molecule has 0 unspecified atom stereocenters. The van der Waals surface area contributed by atoms with E-state index in [1.807, 2.05) is 0 Å². The van der Waals surface area contributed by atoms with Gasteiger partial charge in [0.15, 0.2) is 5.78 Å². The first-order valence-corrected chi connectivity index (χ1v) is 9.56. The molecule has 2 rings (SSSR count). The molecule has 0 fully saturated rings. The minimum absolute atomic E-state index is 0.0115. The minimum atomic E-state index is -1.42.